The van der Waals surface area contributed by atoms with E-state index in [-0.39, 0.29) is 27.9 Å². The lowest BCUT2D eigenvalue weighted by Gasteiger charge is -2.34. The van der Waals surface area contributed by atoms with Crippen LogP contribution < -0.4 is 10.6 Å². The molecule has 1 aromatic heterocycles. The van der Waals surface area contributed by atoms with E-state index in [1.54, 1.807) is 0 Å². The number of likely N-dealkylation sites (N-methyl/N-ethyl adjacent to an activating group) is 1. The predicted molar refractivity (Wildman–Crippen MR) is 145 cm³/mol. The summed E-state index contributed by atoms with van der Waals surface area (Å²) >= 11 is 1.30. The van der Waals surface area contributed by atoms with E-state index in [1.807, 2.05) is 13.8 Å². The summed E-state index contributed by atoms with van der Waals surface area (Å²) in [5.41, 5.74) is 1.32. The molecule has 2 N–H and O–H groups in total. The van der Waals surface area contributed by atoms with Gasteiger partial charge in [0.05, 0.1) is 17.6 Å². The smallest absolute Gasteiger partial charge is 0.413 e. The highest BCUT2D eigenvalue weighted by Gasteiger charge is 2.32. The molecule has 0 spiro atoms. The van der Waals surface area contributed by atoms with E-state index in [4.69, 9.17) is 0 Å². The number of piperidine rings is 1. The minimum Gasteiger partial charge on any atom is -0.453 e. The van der Waals surface area contributed by atoms with Gasteiger partial charge in [0.1, 0.15) is 5.00 Å². The monoisotopic (exact) mass is 562 g/mol. The molecule has 0 radical (unpaired) electrons. The van der Waals surface area contributed by atoms with E-state index >= 15 is 0 Å². The van der Waals surface area contributed by atoms with Crippen molar-refractivity contribution in [3.05, 3.63) is 45.8 Å². The highest BCUT2D eigenvalue weighted by molar-refractivity contribution is 7.89. The van der Waals surface area contributed by atoms with E-state index in [0.717, 1.165) is 30.0 Å². The molecule has 1 saturated heterocycles. The van der Waals surface area contributed by atoms with Gasteiger partial charge in [-0.25, -0.2) is 13.2 Å². The Balaban J connectivity index is 1.56. The van der Waals surface area contributed by atoms with Gasteiger partial charge in [-0.3, -0.25) is 19.8 Å². The highest BCUT2D eigenvalue weighted by atomic mass is 32.2. The van der Waals surface area contributed by atoms with Crippen LogP contribution in [0.5, 0.6) is 0 Å². The molecule has 3 heterocycles. The average Bonchev–Trinajstić information content (AvgIpc) is 3.24. The summed E-state index contributed by atoms with van der Waals surface area (Å²) in [6.07, 6.45) is 0.722. The Hall–Kier alpha value is -2.80. The summed E-state index contributed by atoms with van der Waals surface area (Å²) in [6.45, 7) is 9.37. The van der Waals surface area contributed by atoms with Gasteiger partial charge < -0.3 is 10.1 Å². The zero-order chi connectivity index (χ0) is 27.6. The Bertz CT molecular complexity index is 1310. The first-order valence-corrected chi connectivity index (χ1v) is 15.0. The average molecular weight is 563 g/mol. The van der Waals surface area contributed by atoms with Crippen molar-refractivity contribution in [1.82, 2.24) is 14.5 Å². The fourth-order valence-corrected chi connectivity index (χ4v) is 8.13. The Morgan fingerprint density at radius 2 is 1.74 bits per heavy atom. The van der Waals surface area contributed by atoms with Crippen LogP contribution in [0.4, 0.5) is 9.80 Å². The summed E-state index contributed by atoms with van der Waals surface area (Å²) < 4.78 is 32.5. The van der Waals surface area contributed by atoms with Gasteiger partial charge in [-0.1, -0.05) is 20.8 Å². The zero-order valence-electron chi connectivity index (χ0n) is 22.1. The van der Waals surface area contributed by atoms with Crippen LogP contribution in [0.25, 0.3) is 0 Å². The second-order valence-electron chi connectivity index (χ2n) is 10.0. The Morgan fingerprint density at radius 1 is 1.08 bits per heavy atom. The molecular weight excluding hydrogens is 528 g/mol. The highest BCUT2D eigenvalue weighted by Crippen LogP contribution is 2.37. The molecule has 3 amide bonds. The van der Waals surface area contributed by atoms with Gasteiger partial charge in [0.15, 0.2) is 0 Å². The maximum absolute atomic E-state index is 13.2. The molecule has 0 bridgehead atoms. The van der Waals surface area contributed by atoms with Crippen LogP contribution >= 0.6 is 11.3 Å². The van der Waals surface area contributed by atoms with E-state index in [1.165, 1.54) is 47.0 Å². The van der Waals surface area contributed by atoms with Gasteiger partial charge in [0.2, 0.25) is 10.0 Å². The Morgan fingerprint density at radius 3 is 2.34 bits per heavy atom. The van der Waals surface area contributed by atoms with Gasteiger partial charge in [0, 0.05) is 36.6 Å². The van der Waals surface area contributed by atoms with Crippen molar-refractivity contribution in [2.24, 2.45) is 11.8 Å². The third-order valence-electron chi connectivity index (χ3n) is 7.03. The van der Waals surface area contributed by atoms with Crippen molar-refractivity contribution >= 4 is 44.3 Å². The van der Waals surface area contributed by atoms with Crippen molar-refractivity contribution in [2.75, 3.05) is 38.6 Å². The lowest BCUT2D eigenvalue weighted by Crippen LogP contribution is -2.42. The maximum atomic E-state index is 13.2. The number of alkyl carbamates (subject to hydrolysis) is 1. The molecule has 2 atom stereocenters. The lowest BCUT2D eigenvalue weighted by molar-refractivity contribution is 0.0936. The summed E-state index contributed by atoms with van der Waals surface area (Å²) in [5.74, 6) is -0.552. The molecule has 4 rings (SSSR count). The van der Waals surface area contributed by atoms with Crippen LogP contribution in [0.1, 0.15) is 58.3 Å². The van der Waals surface area contributed by atoms with E-state index < -0.39 is 27.9 Å². The molecule has 2 aliphatic heterocycles. The zero-order valence-corrected chi connectivity index (χ0v) is 23.7. The number of benzene rings is 1. The number of sulfonamides is 1. The van der Waals surface area contributed by atoms with Gasteiger partial charge in [-0.2, -0.15) is 4.31 Å². The lowest BCUT2D eigenvalue weighted by atomic mass is 9.94. The second kappa shape index (κ2) is 11.5. The van der Waals surface area contributed by atoms with Gasteiger partial charge in [-0.05, 0) is 61.1 Å². The van der Waals surface area contributed by atoms with Crippen LogP contribution in [0, 0.1) is 11.8 Å². The minimum absolute atomic E-state index is 0.139. The number of rotatable bonds is 6. The SMILES string of the molecule is CCN1CCc2c(sc(NC(=O)c3ccc(S(=O)(=O)N4CC(C)CC(C)C4)cc3)c2C(=O)NC(=O)OC)C1. The molecule has 206 valence electrons. The van der Waals surface area contributed by atoms with Crippen LogP contribution in [0.3, 0.4) is 0 Å². The Kier molecular flexibility index (Phi) is 8.55. The van der Waals surface area contributed by atoms with Crippen molar-refractivity contribution in [2.45, 2.75) is 45.1 Å². The van der Waals surface area contributed by atoms with Crippen molar-refractivity contribution in [3.63, 3.8) is 0 Å². The number of anilines is 1. The molecule has 0 saturated carbocycles. The quantitative estimate of drug-likeness (QED) is 0.552. The molecule has 1 fully saturated rings. The summed E-state index contributed by atoms with van der Waals surface area (Å²) in [4.78, 5) is 41.1. The molecule has 38 heavy (non-hydrogen) atoms. The number of nitrogens with one attached hydrogen (secondary N) is 2. The predicted octanol–water partition coefficient (Wildman–Crippen LogP) is 3.54. The number of amides is 3. The molecule has 12 heteroatoms. The first kappa shape index (κ1) is 28.2. The van der Waals surface area contributed by atoms with Crippen molar-refractivity contribution < 1.29 is 27.5 Å². The first-order chi connectivity index (χ1) is 18.0. The number of hydrogen-bond acceptors (Lipinski definition) is 8. The number of carbonyl (C=O) groups excluding carboxylic acids is 3. The number of imide groups is 1. The van der Waals surface area contributed by atoms with E-state index in [2.05, 4.69) is 27.2 Å². The van der Waals surface area contributed by atoms with Gasteiger partial charge in [0.25, 0.3) is 11.8 Å². The number of carbonyl (C=O) groups is 3. The molecular formula is C26H34N4O6S2. The van der Waals surface area contributed by atoms with Gasteiger partial charge in [-0.15, -0.1) is 11.3 Å². The molecule has 10 nitrogen and oxygen atoms in total. The number of hydrogen-bond donors (Lipinski definition) is 2. The normalized spacial score (nSPS) is 20.4. The van der Waals surface area contributed by atoms with Crippen molar-refractivity contribution in [3.8, 4) is 0 Å². The molecule has 2 aromatic rings. The first-order valence-electron chi connectivity index (χ1n) is 12.7. The standard InChI is InChI=1S/C26H34N4O6S2/c1-5-29-11-10-20-21(15-29)37-25(22(20)24(32)28-26(33)36-4)27-23(31)18-6-8-19(9-7-18)38(34,35)30-13-16(2)12-17(3)14-30/h6-9,16-17H,5,10-15H2,1-4H3,(H,27,31)(H,28,32,33). The minimum atomic E-state index is -3.67. The third-order valence-corrected chi connectivity index (χ3v) is 10.0. The molecule has 1 aromatic carbocycles. The van der Waals surface area contributed by atoms with Crippen LogP contribution in [0.15, 0.2) is 29.2 Å². The second-order valence-corrected chi connectivity index (χ2v) is 13.1. The fourth-order valence-electron chi connectivity index (χ4n) is 5.17. The topological polar surface area (TPSA) is 125 Å². The number of thiophene rings is 1. The van der Waals surface area contributed by atoms with E-state index in [0.29, 0.717) is 31.1 Å². The maximum Gasteiger partial charge on any atom is 0.413 e. The summed E-state index contributed by atoms with van der Waals surface area (Å²) in [7, 11) is -2.50. The number of fused-ring (bicyclic) bond motifs is 1. The number of nitrogens with zero attached hydrogens (tertiary/aromatic N) is 2. The largest absolute Gasteiger partial charge is 0.453 e. The van der Waals surface area contributed by atoms with Crippen LogP contribution in [-0.4, -0.2) is 68.8 Å². The fraction of sp³-hybridized carbons (Fsp3) is 0.500. The van der Waals surface area contributed by atoms with Crippen LogP contribution in [-0.2, 0) is 27.7 Å². The van der Waals surface area contributed by atoms with Crippen LogP contribution in [0.2, 0.25) is 0 Å². The number of ether oxygens (including phenoxy) is 1. The number of methoxy groups -OCH3 is 1. The summed E-state index contributed by atoms with van der Waals surface area (Å²) in [5, 5.41) is 5.34. The summed E-state index contributed by atoms with van der Waals surface area (Å²) in [6, 6.07) is 5.83. The van der Waals surface area contributed by atoms with E-state index in [9.17, 15) is 22.8 Å². The molecule has 2 unspecified atom stereocenters. The van der Waals surface area contributed by atoms with Crippen molar-refractivity contribution in [1.29, 1.82) is 0 Å². The third kappa shape index (κ3) is 5.93. The molecule has 0 aliphatic carbocycles. The molecule has 2 aliphatic rings. The Labute approximate surface area is 227 Å². The van der Waals surface area contributed by atoms with Gasteiger partial charge >= 0.3 is 6.09 Å².